The first-order valence-electron chi connectivity index (χ1n) is 12.5. The van der Waals surface area contributed by atoms with E-state index >= 15 is 0 Å². The van der Waals surface area contributed by atoms with Crippen molar-refractivity contribution < 1.29 is 9.59 Å². The molecule has 5 rings (SSSR count). The van der Waals surface area contributed by atoms with E-state index in [1.165, 1.54) is 16.7 Å². The zero-order chi connectivity index (χ0) is 23.7. The summed E-state index contributed by atoms with van der Waals surface area (Å²) in [5.41, 5.74) is 5.03. The normalized spacial score (nSPS) is 21.5. The third-order valence-electron chi connectivity index (χ3n) is 7.80. The van der Waals surface area contributed by atoms with Crippen molar-refractivity contribution in [1.29, 1.82) is 0 Å². The Morgan fingerprint density at radius 2 is 1.71 bits per heavy atom. The van der Waals surface area contributed by atoms with Crippen molar-refractivity contribution in [2.75, 3.05) is 39.3 Å². The smallest absolute Gasteiger partial charge is 0.222 e. The number of hydrogen-bond donors (Lipinski definition) is 0. The maximum absolute atomic E-state index is 13.1. The Labute approximate surface area is 206 Å². The van der Waals surface area contributed by atoms with Crippen LogP contribution in [0.25, 0.3) is 0 Å². The molecule has 0 saturated carbocycles. The van der Waals surface area contributed by atoms with E-state index in [2.05, 4.69) is 23.1 Å². The van der Waals surface area contributed by atoms with E-state index in [4.69, 9.17) is 16.6 Å². The third-order valence-corrected chi connectivity index (χ3v) is 8.04. The first-order chi connectivity index (χ1) is 16.5. The largest absolute Gasteiger partial charge is 0.343 e. The quantitative estimate of drug-likeness (QED) is 0.672. The van der Waals surface area contributed by atoms with Crippen molar-refractivity contribution in [3.8, 4) is 0 Å². The highest BCUT2D eigenvalue weighted by Crippen LogP contribution is 2.37. The Hall–Kier alpha value is -2.44. The molecule has 6 nitrogen and oxygen atoms in total. The van der Waals surface area contributed by atoms with Crippen LogP contribution in [0.5, 0.6) is 0 Å². The molecule has 2 fully saturated rings. The topological polar surface area (TPSA) is 56.8 Å². The molecule has 0 unspecified atom stereocenters. The van der Waals surface area contributed by atoms with E-state index in [9.17, 15) is 9.59 Å². The molecule has 0 N–H and O–H groups in total. The van der Waals surface area contributed by atoms with Gasteiger partial charge in [0.1, 0.15) is 0 Å². The second-order valence-corrected chi connectivity index (χ2v) is 10.3. The molecule has 34 heavy (non-hydrogen) atoms. The average molecular weight is 481 g/mol. The Kier molecular flexibility index (Phi) is 6.89. The van der Waals surface area contributed by atoms with Gasteiger partial charge in [0.2, 0.25) is 11.8 Å². The summed E-state index contributed by atoms with van der Waals surface area (Å²) < 4.78 is 0. The number of piperazine rings is 1. The lowest BCUT2D eigenvalue weighted by Crippen LogP contribution is -2.50. The van der Waals surface area contributed by atoms with Gasteiger partial charge in [-0.2, -0.15) is 0 Å². The Morgan fingerprint density at radius 1 is 0.971 bits per heavy atom. The second kappa shape index (κ2) is 10.0. The fourth-order valence-corrected chi connectivity index (χ4v) is 6.00. The average Bonchev–Trinajstić information content (AvgIpc) is 3.01. The summed E-state index contributed by atoms with van der Waals surface area (Å²) >= 11 is 6.34. The number of amides is 2. The molecule has 1 aliphatic carbocycles. The van der Waals surface area contributed by atoms with E-state index in [0.29, 0.717) is 12.3 Å². The molecule has 180 valence electrons. The zero-order valence-corrected chi connectivity index (χ0v) is 20.6. The molecule has 0 radical (unpaired) electrons. The highest BCUT2D eigenvalue weighted by Gasteiger charge is 2.33. The number of aromatic nitrogens is 1. The lowest BCUT2D eigenvalue weighted by Gasteiger charge is -2.40. The number of benzene rings is 1. The molecule has 2 saturated heterocycles. The van der Waals surface area contributed by atoms with Gasteiger partial charge < -0.3 is 9.80 Å². The van der Waals surface area contributed by atoms with Crippen LogP contribution >= 0.6 is 11.6 Å². The second-order valence-electron chi connectivity index (χ2n) is 9.86. The molecule has 0 bridgehead atoms. The number of hydrogen-bond acceptors (Lipinski definition) is 4. The first kappa shape index (κ1) is 23.3. The molecule has 7 heteroatoms. The van der Waals surface area contributed by atoms with Crippen molar-refractivity contribution in [1.82, 2.24) is 19.7 Å². The highest BCUT2D eigenvalue weighted by molar-refractivity contribution is 6.30. The molecule has 2 aromatic rings. The van der Waals surface area contributed by atoms with Crippen molar-refractivity contribution in [2.24, 2.45) is 5.92 Å². The molecule has 3 heterocycles. The summed E-state index contributed by atoms with van der Waals surface area (Å²) in [5, 5.41) is 0.779. The van der Waals surface area contributed by atoms with Crippen LogP contribution in [0.2, 0.25) is 5.02 Å². The van der Waals surface area contributed by atoms with Gasteiger partial charge in [0, 0.05) is 63.8 Å². The summed E-state index contributed by atoms with van der Waals surface area (Å²) in [6, 6.07) is 10.6. The monoisotopic (exact) mass is 480 g/mol. The molecule has 1 atom stereocenters. The SMILES string of the molecule is CC(=O)N1CCC(CC(=O)N2CCN([C@@H]3c4ccc(Cl)cc4CCc4cccnc43)CC2)CC1. The summed E-state index contributed by atoms with van der Waals surface area (Å²) in [5.74, 6) is 0.780. The Morgan fingerprint density at radius 3 is 2.44 bits per heavy atom. The van der Waals surface area contributed by atoms with Crippen LogP contribution in [0.4, 0.5) is 0 Å². The minimum Gasteiger partial charge on any atom is -0.343 e. The molecule has 1 aromatic heterocycles. The van der Waals surface area contributed by atoms with E-state index in [1.807, 2.05) is 28.1 Å². The van der Waals surface area contributed by atoms with Crippen molar-refractivity contribution in [3.63, 3.8) is 0 Å². The number of piperidine rings is 1. The van der Waals surface area contributed by atoms with Crippen LogP contribution in [0.1, 0.15) is 54.6 Å². The van der Waals surface area contributed by atoms with E-state index in [0.717, 1.165) is 75.7 Å². The van der Waals surface area contributed by atoms with Crippen molar-refractivity contribution >= 4 is 23.4 Å². The molecule has 2 aliphatic heterocycles. The van der Waals surface area contributed by atoms with Gasteiger partial charge in [-0.15, -0.1) is 0 Å². The Bertz CT molecular complexity index is 1060. The van der Waals surface area contributed by atoms with Gasteiger partial charge >= 0.3 is 0 Å². The van der Waals surface area contributed by atoms with Gasteiger partial charge in [0.25, 0.3) is 0 Å². The molecule has 0 spiro atoms. The summed E-state index contributed by atoms with van der Waals surface area (Å²) in [6.45, 7) is 6.32. The number of likely N-dealkylation sites (tertiary alicyclic amines) is 1. The van der Waals surface area contributed by atoms with Crippen LogP contribution < -0.4 is 0 Å². The standard InChI is InChI=1S/C27H33ClN4O2/c1-19(33)30-11-8-20(9-12-30)17-25(34)31-13-15-32(16-14-31)27-24-7-6-23(28)18-22(24)5-4-21-3-2-10-29-26(21)27/h2-3,6-7,10,18,20,27H,4-5,8-9,11-17H2,1H3/t27-/m1/s1. The van der Waals surface area contributed by atoms with Crippen LogP contribution in [-0.4, -0.2) is 70.8 Å². The molecule has 2 amide bonds. The van der Waals surface area contributed by atoms with E-state index in [-0.39, 0.29) is 17.9 Å². The van der Waals surface area contributed by atoms with Crippen LogP contribution in [0.15, 0.2) is 36.5 Å². The van der Waals surface area contributed by atoms with Crippen LogP contribution in [0.3, 0.4) is 0 Å². The molecule has 3 aliphatic rings. The predicted molar refractivity (Wildman–Crippen MR) is 133 cm³/mol. The van der Waals surface area contributed by atoms with Gasteiger partial charge in [-0.25, -0.2) is 0 Å². The maximum atomic E-state index is 13.1. The predicted octanol–water partition coefficient (Wildman–Crippen LogP) is 3.72. The number of carbonyl (C=O) groups excluding carboxylic acids is 2. The summed E-state index contributed by atoms with van der Waals surface area (Å²) in [7, 11) is 0. The van der Waals surface area contributed by atoms with Crippen molar-refractivity contribution in [2.45, 2.75) is 45.1 Å². The third kappa shape index (κ3) is 4.84. The van der Waals surface area contributed by atoms with E-state index < -0.39 is 0 Å². The Balaban J connectivity index is 1.26. The van der Waals surface area contributed by atoms with E-state index in [1.54, 1.807) is 6.92 Å². The molecular weight excluding hydrogens is 448 g/mol. The molecular formula is C27H33ClN4O2. The number of halogens is 1. The summed E-state index contributed by atoms with van der Waals surface area (Å²) in [6.07, 6.45) is 6.27. The number of pyridine rings is 1. The maximum Gasteiger partial charge on any atom is 0.222 e. The fourth-order valence-electron chi connectivity index (χ4n) is 5.81. The fraction of sp³-hybridized carbons (Fsp3) is 0.519. The molecule has 1 aromatic carbocycles. The lowest BCUT2D eigenvalue weighted by atomic mass is 9.92. The number of nitrogens with zero attached hydrogens (tertiary/aromatic N) is 4. The van der Waals surface area contributed by atoms with Gasteiger partial charge in [-0.1, -0.05) is 23.7 Å². The number of carbonyl (C=O) groups is 2. The lowest BCUT2D eigenvalue weighted by molar-refractivity contribution is -0.135. The van der Waals surface area contributed by atoms with Gasteiger partial charge in [0.15, 0.2) is 0 Å². The van der Waals surface area contributed by atoms with Crippen LogP contribution in [0, 0.1) is 5.92 Å². The zero-order valence-electron chi connectivity index (χ0n) is 19.9. The van der Waals surface area contributed by atoms with Gasteiger partial charge in [0.05, 0.1) is 11.7 Å². The first-order valence-corrected chi connectivity index (χ1v) is 12.9. The van der Waals surface area contributed by atoms with Crippen LogP contribution in [-0.2, 0) is 22.4 Å². The van der Waals surface area contributed by atoms with Crippen molar-refractivity contribution in [3.05, 3.63) is 63.9 Å². The minimum absolute atomic E-state index is 0.0964. The number of aryl methyl sites for hydroxylation is 2. The number of rotatable bonds is 3. The number of fused-ring (bicyclic) bond motifs is 2. The van der Waals surface area contributed by atoms with Gasteiger partial charge in [-0.05, 0) is 66.5 Å². The minimum atomic E-state index is 0.0964. The summed E-state index contributed by atoms with van der Waals surface area (Å²) in [4.78, 5) is 35.9. The van der Waals surface area contributed by atoms with Gasteiger partial charge in [-0.3, -0.25) is 19.5 Å². The highest BCUT2D eigenvalue weighted by atomic mass is 35.5.